The number of fused-ring (bicyclic) bond motifs is 1. The molecule has 0 saturated heterocycles. The fourth-order valence-corrected chi connectivity index (χ4v) is 3.73. The van der Waals surface area contributed by atoms with Crippen LogP contribution in [0.4, 0.5) is 5.69 Å². The molecule has 0 bridgehead atoms. The molecule has 0 aliphatic carbocycles. The van der Waals surface area contributed by atoms with E-state index in [1.165, 1.54) is 5.39 Å². The molecule has 0 aromatic heterocycles. The van der Waals surface area contributed by atoms with E-state index in [0.717, 1.165) is 16.5 Å². The third kappa shape index (κ3) is 6.07. The van der Waals surface area contributed by atoms with Gasteiger partial charge in [0.15, 0.2) is 11.5 Å². The highest BCUT2D eigenvalue weighted by Gasteiger charge is 2.12. The summed E-state index contributed by atoms with van der Waals surface area (Å²) in [5, 5.41) is 14.7. The summed E-state index contributed by atoms with van der Waals surface area (Å²) < 4.78 is 11.8. The molecule has 4 aromatic carbocycles. The molecule has 0 aliphatic rings. The molecule has 174 valence electrons. The number of nitrogens with zero attached hydrogens (tertiary/aromatic N) is 1. The number of amides is 1. The van der Waals surface area contributed by atoms with Crippen LogP contribution in [-0.4, -0.2) is 12.5 Å². The molecule has 0 spiro atoms. The Labute approximate surface area is 205 Å². The molecule has 0 heterocycles. The largest absolute Gasteiger partial charge is 0.490 e. The molecule has 0 saturated carbocycles. The maximum absolute atomic E-state index is 12.6. The quantitative estimate of drug-likeness (QED) is 0.234. The minimum absolute atomic E-state index is 0.00112. The van der Waals surface area contributed by atoms with E-state index >= 15 is 0 Å². The molecule has 0 atom stereocenters. The number of hydrogen-bond donors (Lipinski definition) is 1. The van der Waals surface area contributed by atoms with Gasteiger partial charge in [0.2, 0.25) is 0 Å². The van der Waals surface area contributed by atoms with E-state index in [1.807, 2.05) is 56.3 Å². The van der Waals surface area contributed by atoms with Crippen LogP contribution in [-0.2, 0) is 11.4 Å². The van der Waals surface area contributed by atoms with Crippen LogP contribution in [0, 0.1) is 18.3 Å². The van der Waals surface area contributed by atoms with E-state index in [-0.39, 0.29) is 5.57 Å². The molecule has 1 N–H and O–H groups in total. The zero-order valence-electron chi connectivity index (χ0n) is 19.7. The van der Waals surface area contributed by atoms with Crippen molar-refractivity contribution in [2.45, 2.75) is 20.5 Å². The summed E-state index contributed by atoms with van der Waals surface area (Å²) in [5.41, 5.74) is 3.38. The smallest absolute Gasteiger partial charge is 0.266 e. The molecule has 0 aliphatic heterocycles. The number of benzene rings is 4. The lowest BCUT2D eigenvalue weighted by Gasteiger charge is -2.13. The summed E-state index contributed by atoms with van der Waals surface area (Å²) in [6.07, 6.45) is 1.54. The number of hydrogen-bond acceptors (Lipinski definition) is 4. The van der Waals surface area contributed by atoms with Gasteiger partial charge in [0.25, 0.3) is 5.91 Å². The minimum Gasteiger partial charge on any atom is -0.490 e. The van der Waals surface area contributed by atoms with Gasteiger partial charge in [-0.15, -0.1) is 0 Å². The van der Waals surface area contributed by atoms with Crippen molar-refractivity contribution in [3.8, 4) is 17.6 Å². The van der Waals surface area contributed by atoms with E-state index in [4.69, 9.17) is 9.47 Å². The van der Waals surface area contributed by atoms with E-state index in [1.54, 1.807) is 30.3 Å². The van der Waals surface area contributed by atoms with Crippen molar-refractivity contribution in [3.63, 3.8) is 0 Å². The van der Waals surface area contributed by atoms with Crippen LogP contribution in [0.25, 0.3) is 16.8 Å². The molecule has 5 heteroatoms. The summed E-state index contributed by atoms with van der Waals surface area (Å²) in [6.45, 7) is 4.68. The van der Waals surface area contributed by atoms with Crippen LogP contribution in [0.2, 0.25) is 0 Å². The van der Waals surface area contributed by atoms with Gasteiger partial charge in [-0.25, -0.2) is 0 Å². The highest BCUT2D eigenvalue weighted by atomic mass is 16.5. The van der Waals surface area contributed by atoms with Gasteiger partial charge in [-0.2, -0.15) is 5.26 Å². The van der Waals surface area contributed by atoms with Crippen LogP contribution >= 0.6 is 0 Å². The Morgan fingerprint density at radius 2 is 1.74 bits per heavy atom. The van der Waals surface area contributed by atoms with Crippen LogP contribution in [0.1, 0.15) is 23.6 Å². The van der Waals surface area contributed by atoms with Crippen LogP contribution in [0.15, 0.2) is 90.5 Å². The fourth-order valence-electron chi connectivity index (χ4n) is 3.73. The first-order valence-corrected chi connectivity index (χ1v) is 11.4. The number of ether oxygens (including phenoxy) is 2. The molecule has 0 radical (unpaired) electrons. The summed E-state index contributed by atoms with van der Waals surface area (Å²) >= 11 is 0. The van der Waals surface area contributed by atoms with Gasteiger partial charge in [0, 0.05) is 5.69 Å². The fraction of sp³-hybridized carbons (Fsp3) is 0.133. The zero-order chi connectivity index (χ0) is 24.6. The predicted molar refractivity (Wildman–Crippen MR) is 139 cm³/mol. The third-order valence-corrected chi connectivity index (χ3v) is 5.43. The molecule has 4 aromatic rings. The molecular formula is C30H26N2O3. The minimum atomic E-state index is -0.465. The topological polar surface area (TPSA) is 71.3 Å². The number of rotatable bonds is 8. The number of nitriles is 1. The summed E-state index contributed by atoms with van der Waals surface area (Å²) in [4.78, 5) is 12.6. The van der Waals surface area contributed by atoms with Crippen molar-refractivity contribution in [1.82, 2.24) is 0 Å². The molecule has 35 heavy (non-hydrogen) atoms. The van der Waals surface area contributed by atoms with E-state index in [0.29, 0.717) is 36.0 Å². The molecule has 4 rings (SSSR count). The number of nitrogens with one attached hydrogen (secondary N) is 1. The Kier molecular flexibility index (Phi) is 7.44. The van der Waals surface area contributed by atoms with Gasteiger partial charge in [0.1, 0.15) is 18.2 Å². The van der Waals surface area contributed by atoms with E-state index < -0.39 is 5.91 Å². The average Bonchev–Trinajstić information content (AvgIpc) is 2.86. The van der Waals surface area contributed by atoms with Gasteiger partial charge in [-0.05, 0) is 77.7 Å². The van der Waals surface area contributed by atoms with Crippen molar-refractivity contribution in [3.05, 3.63) is 107 Å². The lowest BCUT2D eigenvalue weighted by Crippen LogP contribution is -2.13. The van der Waals surface area contributed by atoms with E-state index in [9.17, 15) is 10.1 Å². The summed E-state index contributed by atoms with van der Waals surface area (Å²) in [7, 11) is 0. The Hall–Kier alpha value is -4.56. The Balaban J connectivity index is 1.51. The Morgan fingerprint density at radius 1 is 0.914 bits per heavy atom. The van der Waals surface area contributed by atoms with Gasteiger partial charge >= 0.3 is 0 Å². The third-order valence-electron chi connectivity index (χ3n) is 5.43. The monoisotopic (exact) mass is 462 g/mol. The highest BCUT2D eigenvalue weighted by molar-refractivity contribution is 6.09. The average molecular weight is 463 g/mol. The summed E-state index contributed by atoms with van der Waals surface area (Å²) in [5.74, 6) is 0.686. The maximum Gasteiger partial charge on any atom is 0.266 e. The molecule has 1 amide bonds. The molecular weight excluding hydrogens is 436 g/mol. The predicted octanol–water partition coefficient (Wildman–Crippen LogP) is 6.67. The molecule has 0 fully saturated rings. The zero-order valence-corrected chi connectivity index (χ0v) is 19.7. The number of carbonyl (C=O) groups is 1. The number of anilines is 1. The van der Waals surface area contributed by atoms with Gasteiger partial charge in [-0.1, -0.05) is 54.6 Å². The van der Waals surface area contributed by atoms with Crippen molar-refractivity contribution in [2.75, 3.05) is 11.9 Å². The van der Waals surface area contributed by atoms with Gasteiger partial charge in [-0.3, -0.25) is 4.79 Å². The first-order valence-electron chi connectivity index (χ1n) is 11.4. The van der Waals surface area contributed by atoms with Gasteiger partial charge in [0.05, 0.1) is 6.61 Å². The van der Waals surface area contributed by atoms with Crippen molar-refractivity contribution >= 4 is 28.4 Å². The first-order chi connectivity index (χ1) is 17.1. The lowest BCUT2D eigenvalue weighted by atomic mass is 10.1. The maximum atomic E-state index is 12.6. The van der Waals surface area contributed by atoms with Crippen LogP contribution < -0.4 is 14.8 Å². The van der Waals surface area contributed by atoms with Crippen LogP contribution in [0.5, 0.6) is 11.5 Å². The second kappa shape index (κ2) is 11.0. The van der Waals surface area contributed by atoms with Gasteiger partial charge < -0.3 is 14.8 Å². The highest BCUT2D eigenvalue weighted by Crippen LogP contribution is 2.30. The number of carbonyl (C=O) groups excluding carboxylic acids is 1. The van der Waals surface area contributed by atoms with E-state index in [2.05, 4.69) is 29.6 Å². The second-order valence-corrected chi connectivity index (χ2v) is 8.10. The standard InChI is InChI=1S/C30H26N2O3/c1-3-34-29-18-22(16-26(19-31)30(33)32-27-10-6-7-21(2)15-27)12-14-28(29)35-20-23-11-13-24-8-4-5-9-25(24)17-23/h4-18H,3,20H2,1-2H3,(H,32,33)/b26-16-. The Morgan fingerprint density at radius 3 is 2.51 bits per heavy atom. The normalized spacial score (nSPS) is 11.1. The van der Waals surface area contributed by atoms with Crippen molar-refractivity contribution < 1.29 is 14.3 Å². The van der Waals surface area contributed by atoms with Crippen molar-refractivity contribution in [1.29, 1.82) is 5.26 Å². The first kappa shape index (κ1) is 23.6. The SMILES string of the molecule is CCOc1cc(/C=C(/C#N)C(=O)Nc2cccc(C)c2)ccc1OCc1ccc2ccccc2c1. The Bertz CT molecular complexity index is 1430. The molecule has 0 unspecified atom stereocenters. The molecule has 5 nitrogen and oxygen atoms in total. The second-order valence-electron chi connectivity index (χ2n) is 8.10. The van der Waals surface area contributed by atoms with Crippen LogP contribution in [0.3, 0.4) is 0 Å². The summed E-state index contributed by atoms with van der Waals surface area (Å²) in [6, 6.07) is 29.2. The lowest BCUT2D eigenvalue weighted by molar-refractivity contribution is -0.112. The van der Waals surface area contributed by atoms with Crippen molar-refractivity contribution in [2.24, 2.45) is 0 Å². The number of aryl methyl sites for hydroxylation is 1.